The van der Waals surface area contributed by atoms with E-state index in [0.717, 1.165) is 15.6 Å². The van der Waals surface area contributed by atoms with Gasteiger partial charge in [0.15, 0.2) is 11.6 Å². The zero-order valence-electron chi connectivity index (χ0n) is 9.86. The molecule has 3 heteroatoms. The number of rotatable bonds is 3. The molecule has 0 fully saturated rings. The summed E-state index contributed by atoms with van der Waals surface area (Å²) in [6.45, 7) is 0. The van der Waals surface area contributed by atoms with Crippen molar-refractivity contribution >= 4 is 28.1 Å². The smallest absolute Gasteiger partial charge is 0.165 e. The molecule has 0 spiro atoms. The molecule has 0 saturated heterocycles. The van der Waals surface area contributed by atoms with Crippen LogP contribution in [-0.2, 0) is 0 Å². The van der Waals surface area contributed by atoms with Crippen LogP contribution < -0.4 is 4.74 Å². The highest BCUT2D eigenvalue weighted by Gasteiger charge is 2.01. The Hall–Kier alpha value is -1.61. The van der Waals surface area contributed by atoms with Crippen molar-refractivity contribution in [1.82, 2.24) is 0 Å². The van der Waals surface area contributed by atoms with Gasteiger partial charge < -0.3 is 4.74 Å². The van der Waals surface area contributed by atoms with E-state index in [1.165, 1.54) is 13.2 Å². The number of hydrogen-bond acceptors (Lipinski definition) is 1. The van der Waals surface area contributed by atoms with Crippen molar-refractivity contribution in [2.45, 2.75) is 0 Å². The van der Waals surface area contributed by atoms with Gasteiger partial charge >= 0.3 is 0 Å². The van der Waals surface area contributed by atoms with Crippen molar-refractivity contribution in [1.29, 1.82) is 0 Å². The van der Waals surface area contributed by atoms with Crippen LogP contribution in [0, 0.1) is 5.82 Å². The minimum atomic E-state index is -0.351. The standard InChI is InChI=1S/C15H12BrFO/c1-18-15-10-11(7-9-14(15)17)6-8-12-4-2-3-5-13(12)16/h2-10H,1H3. The third kappa shape index (κ3) is 2.99. The zero-order chi connectivity index (χ0) is 13.0. The van der Waals surface area contributed by atoms with Gasteiger partial charge in [-0.15, -0.1) is 0 Å². The molecule has 0 aromatic heterocycles. The Labute approximate surface area is 114 Å². The van der Waals surface area contributed by atoms with Crippen LogP contribution in [0.1, 0.15) is 11.1 Å². The molecule has 0 unspecified atom stereocenters. The van der Waals surface area contributed by atoms with Crippen molar-refractivity contribution in [3.63, 3.8) is 0 Å². The Kier molecular flexibility index (Phi) is 4.15. The Morgan fingerprint density at radius 3 is 2.61 bits per heavy atom. The Balaban J connectivity index is 2.27. The van der Waals surface area contributed by atoms with Crippen LogP contribution in [-0.4, -0.2) is 7.11 Å². The van der Waals surface area contributed by atoms with Gasteiger partial charge in [0, 0.05) is 4.47 Å². The Morgan fingerprint density at radius 1 is 1.11 bits per heavy atom. The normalized spacial score (nSPS) is 10.8. The van der Waals surface area contributed by atoms with E-state index in [2.05, 4.69) is 15.9 Å². The minimum absolute atomic E-state index is 0.254. The summed E-state index contributed by atoms with van der Waals surface area (Å²) in [6, 6.07) is 12.7. The van der Waals surface area contributed by atoms with Gasteiger partial charge in [0.05, 0.1) is 7.11 Å². The maximum atomic E-state index is 13.2. The molecule has 0 aliphatic carbocycles. The summed E-state index contributed by atoms with van der Waals surface area (Å²) in [5.74, 6) is -0.0974. The van der Waals surface area contributed by atoms with Crippen molar-refractivity contribution < 1.29 is 9.13 Å². The molecule has 18 heavy (non-hydrogen) atoms. The zero-order valence-corrected chi connectivity index (χ0v) is 11.4. The van der Waals surface area contributed by atoms with Gasteiger partial charge in [-0.1, -0.05) is 52.3 Å². The highest BCUT2D eigenvalue weighted by atomic mass is 79.9. The average Bonchev–Trinajstić information content (AvgIpc) is 2.39. The lowest BCUT2D eigenvalue weighted by Gasteiger charge is -2.02. The molecule has 0 bridgehead atoms. The lowest BCUT2D eigenvalue weighted by Crippen LogP contribution is -1.88. The molecule has 2 rings (SSSR count). The predicted octanol–water partition coefficient (Wildman–Crippen LogP) is 4.77. The molecule has 0 N–H and O–H groups in total. The first-order valence-corrected chi connectivity index (χ1v) is 6.26. The molecule has 2 aromatic carbocycles. The molecule has 0 aliphatic heterocycles. The molecular formula is C15H12BrFO. The molecule has 0 atom stereocenters. The molecule has 0 radical (unpaired) electrons. The summed E-state index contributed by atoms with van der Waals surface area (Å²) in [4.78, 5) is 0. The van der Waals surface area contributed by atoms with Crippen molar-refractivity contribution in [2.75, 3.05) is 7.11 Å². The van der Waals surface area contributed by atoms with E-state index in [1.54, 1.807) is 12.1 Å². The number of methoxy groups -OCH3 is 1. The van der Waals surface area contributed by atoms with E-state index in [1.807, 2.05) is 36.4 Å². The van der Waals surface area contributed by atoms with Gasteiger partial charge in [-0.2, -0.15) is 0 Å². The van der Waals surface area contributed by atoms with E-state index in [0.29, 0.717) is 0 Å². The molecule has 0 saturated carbocycles. The third-order valence-electron chi connectivity index (χ3n) is 2.54. The first-order valence-electron chi connectivity index (χ1n) is 5.47. The van der Waals surface area contributed by atoms with Gasteiger partial charge in [-0.25, -0.2) is 4.39 Å². The number of benzene rings is 2. The molecule has 0 aliphatic rings. The monoisotopic (exact) mass is 306 g/mol. The second-order valence-corrected chi connectivity index (χ2v) is 4.60. The van der Waals surface area contributed by atoms with Gasteiger partial charge in [-0.05, 0) is 29.3 Å². The van der Waals surface area contributed by atoms with Gasteiger partial charge in [0.1, 0.15) is 0 Å². The first kappa shape index (κ1) is 12.8. The van der Waals surface area contributed by atoms with Crippen molar-refractivity contribution in [3.05, 3.63) is 63.9 Å². The molecular weight excluding hydrogens is 295 g/mol. The van der Waals surface area contributed by atoms with E-state index >= 15 is 0 Å². The van der Waals surface area contributed by atoms with Gasteiger partial charge in [-0.3, -0.25) is 0 Å². The van der Waals surface area contributed by atoms with E-state index in [9.17, 15) is 4.39 Å². The minimum Gasteiger partial charge on any atom is -0.494 e. The highest BCUT2D eigenvalue weighted by molar-refractivity contribution is 9.10. The molecule has 0 heterocycles. The molecule has 92 valence electrons. The summed E-state index contributed by atoms with van der Waals surface area (Å²) in [6.07, 6.45) is 3.89. The third-order valence-corrected chi connectivity index (χ3v) is 3.26. The van der Waals surface area contributed by atoms with Crippen LogP contribution in [0.15, 0.2) is 46.9 Å². The Bertz CT molecular complexity index is 578. The van der Waals surface area contributed by atoms with E-state index in [4.69, 9.17) is 4.74 Å². The largest absolute Gasteiger partial charge is 0.494 e. The first-order chi connectivity index (χ1) is 8.70. The number of ether oxygens (including phenoxy) is 1. The van der Waals surface area contributed by atoms with Crippen LogP contribution in [0.2, 0.25) is 0 Å². The molecule has 2 aromatic rings. The van der Waals surface area contributed by atoms with Crippen LogP contribution in [0.5, 0.6) is 5.75 Å². The second-order valence-electron chi connectivity index (χ2n) is 3.75. The van der Waals surface area contributed by atoms with Crippen molar-refractivity contribution in [2.24, 2.45) is 0 Å². The van der Waals surface area contributed by atoms with Crippen LogP contribution in [0.3, 0.4) is 0 Å². The fourth-order valence-corrected chi connectivity index (χ4v) is 1.99. The fraction of sp³-hybridized carbons (Fsp3) is 0.0667. The van der Waals surface area contributed by atoms with Crippen LogP contribution in [0.25, 0.3) is 12.2 Å². The average molecular weight is 307 g/mol. The van der Waals surface area contributed by atoms with Gasteiger partial charge in [0.2, 0.25) is 0 Å². The maximum Gasteiger partial charge on any atom is 0.165 e. The van der Waals surface area contributed by atoms with Gasteiger partial charge in [0.25, 0.3) is 0 Å². The second kappa shape index (κ2) is 5.83. The lowest BCUT2D eigenvalue weighted by atomic mass is 10.1. The molecule has 1 nitrogen and oxygen atoms in total. The van der Waals surface area contributed by atoms with Crippen LogP contribution >= 0.6 is 15.9 Å². The summed E-state index contributed by atoms with van der Waals surface area (Å²) in [5, 5.41) is 0. The quantitative estimate of drug-likeness (QED) is 0.742. The summed E-state index contributed by atoms with van der Waals surface area (Å²) in [7, 11) is 1.46. The molecule has 0 amide bonds. The van der Waals surface area contributed by atoms with Crippen LogP contribution in [0.4, 0.5) is 4.39 Å². The topological polar surface area (TPSA) is 9.23 Å². The lowest BCUT2D eigenvalue weighted by molar-refractivity contribution is 0.386. The summed E-state index contributed by atoms with van der Waals surface area (Å²) < 4.78 is 19.2. The van der Waals surface area contributed by atoms with Crippen molar-refractivity contribution in [3.8, 4) is 5.75 Å². The predicted molar refractivity (Wildman–Crippen MR) is 76.0 cm³/mol. The maximum absolute atomic E-state index is 13.2. The summed E-state index contributed by atoms with van der Waals surface area (Å²) >= 11 is 3.47. The summed E-state index contributed by atoms with van der Waals surface area (Å²) in [5.41, 5.74) is 1.96. The number of halogens is 2. The fourth-order valence-electron chi connectivity index (χ4n) is 1.58. The Morgan fingerprint density at radius 2 is 1.89 bits per heavy atom. The van der Waals surface area contributed by atoms with E-state index < -0.39 is 0 Å². The number of hydrogen-bond donors (Lipinski definition) is 0. The highest BCUT2D eigenvalue weighted by Crippen LogP contribution is 2.22. The SMILES string of the molecule is COc1cc(C=Cc2ccccc2Br)ccc1F. The van der Waals surface area contributed by atoms with E-state index in [-0.39, 0.29) is 11.6 Å².